The summed E-state index contributed by atoms with van der Waals surface area (Å²) in [5, 5.41) is 4.28. The summed E-state index contributed by atoms with van der Waals surface area (Å²) < 4.78 is 1.13. The van der Waals surface area contributed by atoms with Crippen molar-refractivity contribution in [2.24, 2.45) is 5.92 Å². The van der Waals surface area contributed by atoms with Crippen molar-refractivity contribution >= 4 is 27.5 Å². The van der Waals surface area contributed by atoms with E-state index in [0.29, 0.717) is 0 Å². The minimum absolute atomic E-state index is 0.805. The van der Waals surface area contributed by atoms with E-state index in [0.717, 1.165) is 28.5 Å². The van der Waals surface area contributed by atoms with Crippen LogP contribution in [0.1, 0.15) is 31.2 Å². The number of rotatable bonds is 5. The Morgan fingerprint density at radius 2 is 2.19 bits per heavy atom. The van der Waals surface area contributed by atoms with E-state index in [1.807, 2.05) is 18.2 Å². The molecule has 16 heavy (non-hydrogen) atoms. The lowest BCUT2D eigenvalue weighted by molar-refractivity contribution is 0.292. The van der Waals surface area contributed by atoms with E-state index in [9.17, 15) is 0 Å². The molecule has 1 saturated carbocycles. The second kappa shape index (κ2) is 6.04. The SMILES string of the molecule is Clc1ccc(Br)c(CNCCC2CCC2)c1. The molecule has 0 aliphatic heterocycles. The van der Waals surface area contributed by atoms with Gasteiger partial charge in [0.15, 0.2) is 0 Å². The van der Waals surface area contributed by atoms with Gasteiger partial charge in [0.1, 0.15) is 0 Å². The minimum Gasteiger partial charge on any atom is -0.313 e. The van der Waals surface area contributed by atoms with Gasteiger partial charge in [0, 0.05) is 16.0 Å². The van der Waals surface area contributed by atoms with Crippen molar-refractivity contribution in [3.63, 3.8) is 0 Å². The van der Waals surface area contributed by atoms with E-state index in [-0.39, 0.29) is 0 Å². The zero-order valence-electron chi connectivity index (χ0n) is 9.31. The molecule has 2 rings (SSSR count). The fourth-order valence-corrected chi connectivity index (χ4v) is 2.57. The molecule has 1 aromatic carbocycles. The van der Waals surface area contributed by atoms with Crippen LogP contribution in [0, 0.1) is 5.92 Å². The molecule has 1 nitrogen and oxygen atoms in total. The first-order valence-electron chi connectivity index (χ1n) is 5.90. The maximum absolute atomic E-state index is 5.96. The summed E-state index contributed by atoms with van der Waals surface area (Å²) in [5.41, 5.74) is 1.24. The molecule has 0 atom stereocenters. The summed E-state index contributed by atoms with van der Waals surface area (Å²) in [5.74, 6) is 0.982. The van der Waals surface area contributed by atoms with E-state index >= 15 is 0 Å². The van der Waals surface area contributed by atoms with Gasteiger partial charge in [-0.2, -0.15) is 0 Å². The Bertz CT molecular complexity index is 350. The van der Waals surface area contributed by atoms with E-state index in [4.69, 9.17) is 11.6 Å². The van der Waals surface area contributed by atoms with Crippen LogP contribution in [0.3, 0.4) is 0 Å². The van der Waals surface area contributed by atoms with Crippen LogP contribution in [0.2, 0.25) is 5.02 Å². The second-order valence-corrected chi connectivity index (χ2v) is 5.79. The zero-order valence-corrected chi connectivity index (χ0v) is 11.6. The Balaban J connectivity index is 1.73. The largest absolute Gasteiger partial charge is 0.313 e. The van der Waals surface area contributed by atoms with Crippen molar-refractivity contribution in [2.75, 3.05) is 6.54 Å². The summed E-state index contributed by atoms with van der Waals surface area (Å²) in [6.07, 6.45) is 5.62. The smallest absolute Gasteiger partial charge is 0.0410 e. The highest BCUT2D eigenvalue weighted by molar-refractivity contribution is 9.10. The van der Waals surface area contributed by atoms with Crippen LogP contribution in [-0.2, 0) is 6.54 Å². The van der Waals surface area contributed by atoms with E-state index in [1.54, 1.807) is 0 Å². The quantitative estimate of drug-likeness (QED) is 0.796. The van der Waals surface area contributed by atoms with Crippen LogP contribution >= 0.6 is 27.5 Å². The van der Waals surface area contributed by atoms with Crippen molar-refractivity contribution < 1.29 is 0 Å². The van der Waals surface area contributed by atoms with Crippen molar-refractivity contribution in [1.82, 2.24) is 5.32 Å². The van der Waals surface area contributed by atoms with Gasteiger partial charge in [-0.25, -0.2) is 0 Å². The molecule has 0 aromatic heterocycles. The highest BCUT2D eigenvalue weighted by Crippen LogP contribution is 2.28. The molecule has 1 N–H and O–H groups in total. The Kier molecular flexibility index (Phi) is 4.68. The second-order valence-electron chi connectivity index (χ2n) is 4.50. The van der Waals surface area contributed by atoms with Crippen molar-refractivity contribution in [2.45, 2.75) is 32.2 Å². The normalized spacial score (nSPS) is 16.1. The fraction of sp³-hybridized carbons (Fsp3) is 0.538. The number of hydrogen-bond acceptors (Lipinski definition) is 1. The standard InChI is InChI=1S/C13H17BrClN/c14-13-5-4-12(15)8-11(13)9-16-7-6-10-2-1-3-10/h4-5,8,10,16H,1-3,6-7,9H2. The Hall–Kier alpha value is -0.0500. The Morgan fingerprint density at radius 1 is 1.38 bits per heavy atom. The summed E-state index contributed by atoms with van der Waals surface area (Å²) in [6.45, 7) is 2.01. The van der Waals surface area contributed by atoms with Crippen LogP contribution in [0.4, 0.5) is 0 Å². The lowest BCUT2D eigenvalue weighted by atomic mass is 9.83. The van der Waals surface area contributed by atoms with Gasteiger partial charge in [-0.05, 0) is 42.6 Å². The molecule has 88 valence electrons. The number of nitrogens with one attached hydrogen (secondary N) is 1. The molecule has 0 bridgehead atoms. The summed E-state index contributed by atoms with van der Waals surface area (Å²) >= 11 is 9.50. The van der Waals surface area contributed by atoms with Gasteiger partial charge in [-0.3, -0.25) is 0 Å². The molecule has 0 saturated heterocycles. The summed E-state index contributed by atoms with van der Waals surface area (Å²) in [6, 6.07) is 5.93. The van der Waals surface area contributed by atoms with Gasteiger partial charge in [-0.15, -0.1) is 0 Å². The zero-order chi connectivity index (χ0) is 11.4. The fourth-order valence-electron chi connectivity index (χ4n) is 1.99. The van der Waals surface area contributed by atoms with Crippen LogP contribution < -0.4 is 5.32 Å². The Labute approximate surface area is 111 Å². The first-order valence-corrected chi connectivity index (χ1v) is 7.07. The van der Waals surface area contributed by atoms with Crippen molar-refractivity contribution in [3.8, 4) is 0 Å². The third-order valence-corrected chi connectivity index (χ3v) is 4.29. The molecule has 1 aliphatic rings. The van der Waals surface area contributed by atoms with Gasteiger partial charge in [0.25, 0.3) is 0 Å². The monoisotopic (exact) mass is 301 g/mol. The topological polar surface area (TPSA) is 12.0 Å². The molecule has 0 amide bonds. The predicted octanol–water partition coefficient (Wildman–Crippen LogP) is 4.38. The lowest BCUT2D eigenvalue weighted by Crippen LogP contribution is -2.21. The van der Waals surface area contributed by atoms with Gasteiger partial charge in [0.2, 0.25) is 0 Å². The van der Waals surface area contributed by atoms with Gasteiger partial charge in [0.05, 0.1) is 0 Å². The van der Waals surface area contributed by atoms with Crippen molar-refractivity contribution in [3.05, 3.63) is 33.3 Å². The highest BCUT2D eigenvalue weighted by atomic mass is 79.9. The van der Waals surface area contributed by atoms with Crippen LogP contribution in [0.25, 0.3) is 0 Å². The molecule has 0 unspecified atom stereocenters. The summed E-state index contributed by atoms with van der Waals surface area (Å²) in [7, 11) is 0. The van der Waals surface area contributed by atoms with Gasteiger partial charge >= 0.3 is 0 Å². The number of benzene rings is 1. The molecular formula is C13H17BrClN. The molecule has 0 spiro atoms. The molecular weight excluding hydrogens is 286 g/mol. The van der Waals surface area contributed by atoms with Gasteiger partial charge < -0.3 is 5.32 Å². The average molecular weight is 303 g/mol. The summed E-state index contributed by atoms with van der Waals surface area (Å²) in [4.78, 5) is 0. The van der Waals surface area contributed by atoms with E-state index < -0.39 is 0 Å². The maximum atomic E-state index is 5.96. The predicted molar refractivity (Wildman–Crippen MR) is 72.8 cm³/mol. The van der Waals surface area contributed by atoms with Gasteiger partial charge in [-0.1, -0.05) is 46.8 Å². The van der Waals surface area contributed by atoms with Crippen LogP contribution in [-0.4, -0.2) is 6.54 Å². The lowest BCUT2D eigenvalue weighted by Gasteiger charge is -2.25. The highest BCUT2D eigenvalue weighted by Gasteiger charge is 2.16. The average Bonchev–Trinajstić information content (AvgIpc) is 2.20. The third-order valence-electron chi connectivity index (χ3n) is 3.28. The number of hydrogen-bond donors (Lipinski definition) is 1. The first-order chi connectivity index (χ1) is 7.75. The molecule has 1 aliphatic carbocycles. The van der Waals surface area contributed by atoms with E-state index in [1.165, 1.54) is 31.2 Å². The molecule has 1 fully saturated rings. The molecule has 3 heteroatoms. The Morgan fingerprint density at radius 3 is 2.88 bits per heavy atom. The minimum atomic E-state index is 0.805. The third kappa shape index (κ3) is 3.47. The van der Waals surface area contributed by atoms with Crippen molar-refractivity contribution in [1.29, 1.82) is 0 Å². The van der Waals surface area contributed by atoms with Crippen LogP contribution in [0.15, 0.2) is 22.7 Å². The molecule has 0 radical (unpaired) electrons. The maximum Gasteiger partial charge on any atom is 0.0410 e. The molecule has 1 aromatic rings. The first kappa shape index (κ1) is 12.4. The molecule has 0 heterocycles. The van der Waals surface area contributed by atoms with Crippen LogP contribution in [0.5, 0.6) is 0 Å². The number of halogens is 2. The van der Waals surface area contributed by atoms with E-state index in [2.05, 4.69) is 21.2 Å².